The van der Waals surface area contributed by atoms with Gasteiger partial charge in [-0.15, -0.1) is 0 Å². The third kappa shape index (κ3) is 3.94. The number of nitrogens with zero attached hydrogens (tertiary/aromatic N) is 2. The summed E-state index contributed by atoms with van der Waals surface area (Å²) in [7, 11) is 1.48. The lowest BCUT2D eigenvalue weighted by Gasteiger charge is -2.14. The van der Waals surface area contributed by atoms with Crippen molar-refractivity contribution in [2.24, 2.45) is 28.8 Å². The maximum Gasteiger partial charge on any atom is 0.262 e. The molecule has 0 radical (unpaired) electrons. The van der Waals surface area contributed by atoms with E-state index in [9.17, 15) is 14.4 Å². The van der Waals surface area contributed by atoms with Gasteiger partial charge in [0, 0.05) is 16.3 Å². The molecule has 2 fully saturated rings. The minimum absolute atomic E-state index is 0.113. The summed E-state index contributed by atoms with van der Waals surface area (Å²) in [6.07, 6.45) is 6.32. The molecule has 3 amide bonds. The Labute approximate surface area is 201 Å². The van der Waals surface area contributed by atoms with Crippen LogP contribution in [0.1, 0.15) is 12.0 Å². The summed E-state index contributed by atoms with van der Waals surface area (Å²) in [6.45, 7) is -0.287. The molecule has 1 N–H and O–H groups in total. The zero-order valence-electron chi connectivity index (χ0n) is 18.3. The fraction of sp³-hybridized carbons (Fsp3) is 0.280. The van der Waals surface area contributed by atoms with E-state index in [2.05, 4.69) is 10.4 Å². The SMILES string of the molecule is COc1cccc(C=NN2C(=O)[C@@H]3[C@H](C2=O)[C@H]2C=C[C@H]3C2)c1OCC(=O)Nc1ccc(Cl)cc1. The van der Waals surface area contributed by atoms with Gasteiger partial charge in [0.2, 0.25) is 0 Å². The molecule has 1 saturated heterocycles. The number of hydrogen-bond acceptors (Lipinski definition) is 6. The zero-order valence-corrected chi connectivity index (χ0v) is 19.1. The molecule has 34 heavy (non-hydrogen) atoms. The maximum absolute atomic E-state index is 12.9. The lowest BCUT2D eigenvalue weighted by atomic mass is 9.85. The van der Waals surface area contributed by atoms with Gasteiger partial charge in [-0.3, -0.25) is 14.4 Å². The maximum atomic E-state index is 12.9. The number of para-hydroxylation sites is 1. The molecule has 174 valence electrons. The van der Waals surface area contributed by atoms with Gasteiger partial charge < -0.3 is 14.8 Å². The summed E-state index contributed by atoms with van der Waals surface area (Å²) in [5.41, 5.74) is 1.05. The molecule has 0 aromatic heterocycles. The number of halogens is 1. The molecule has 2 aromatic rings. The summed E-state index contributed by atoms with van der Waals surface area (Å²) in [5.74, 6) is -0.664. The highest BCUT2D eigenvalue weighted by Gasteiger charge is 2.59. The van der Waals surface area contributed by atoms with E-state index in [-0.39, 0.29) is 53.7 Å². The van der Waals surface area contributed by atoms with Gasteiger partial charge in [0.05, 0.1) is 25.2 Å². The fourth-order valence-corrected chi connectivity index (χ4v) is 5.06. The smallest absolute Gasteiger partial charge is 0.262 e. The second-order valence-electron chi connectivity index (χ2n) is 8.46. The molecular weight excluding hydrogens is 458 g/mol. The molecule has 2 aromatic carbocycles. The van der Waals surface area contributed by atoms with E-state index < -0.39 is 0 Å². The minimum atomic E-state index is -0.378. The third-order valence-corrected chi connectivity index (χ3v) is 6.72. The molecule has 0 spiro atoms. The Morgan fingerprint density at radius 3 is 2.44 bits per heavy atom. The first-order valence-corrected chi connectivity index (χ1v) is 11.3. The number of imide groups is 1. The molecule has 2 aliphatic carbocycles. The number of benzene rings is 2. The number of carbonyl (C=O) groups is 3. The molecule has 3 aliphatic rings. The van der Waals surface area contributed by atoms with Crippen molar-refractivity contribution in [3.63, 3.8) is 0 Å². The van der Waals surface area contributed by atoms with Crippen molar-refractivity contribution in [1.29, 1.82) is 0 Å². The largest absolute Gasteiger partial charge is 0.493 e. The first-order valence-electron chi connectivity index (χ1n) is 10.9. The van der Waals surface area contributed by atoms with Gasteiger partial charge in [-0.2, -0.15) is 10.1 Å². The van der Waals surface area contributed by atoms with E-state index in [0.29, 0.717) is 22.0 Å². The lowest BCUT2D eigenvalue weighted by molar-refractivity contribution is -0.140. The Morgan fingerprint density at radius 2 is 1.79 bits per heavy atom. The van der Waals surface area contributed by atoms with Crippen molar-refractivity contribution in [2.45, 2.75) is 6.42 Å². The van der Waals surface area contributed by atoms with Crippen LogP contribution in [0.25, 0.3) is 0 Å². The molecule has 8 nitrogen and oxygen atoms in total. The number of carbonyl (C=O) groups excluding carboxylic acids is 3. The normalized spacial score (nSPS) is 24.7. The standard InChI is InChI=1S/C25H22ClN3O5/c1-33-19-4-2-3-16(23(19)34-13-20(30)28-18-9-7-17(26)8-10-18)12-27-29-24(31)21-14-5-6-15(11-14)22(21)25(29)32/h2-10,12,14-15,21-22H,11,13H2,1H3,(H,28,30)/t14-,15-,21-,22+/m0/s1. The molecule has 1 aliphatic heterocycles. The topological polar surface area (TPSA) is 97.3 Å². The predicted molar refractivity (Wildman–Crippen MR) is 126 cm³/mol. The number of nitrogens with one attached hydrogen (secondary N) is 1. The summed E-state index contributed by atoms with van der Waals surface area (Å²) < 4.78 is 11.1. The van der Waals surface area contributed by atoms with Gasteiger partial charge >= 0.3 is 0 Å². The molecule has 1 saturated carbocycles. The Bertz CT molecular complexity index is 1180. The number of hydrogen-bond donors (Lipinski definition) is 1. The number of methoxy groups -OCH3 is 1. The van der Waals surface area contributed by atoms with Gasteiger partial charge in [0.15, 0.2) is 18.1 Å². The number of rotatable bonds is 7. The summed E-state index contributed by atoms with van der Waals surface area (Å²) in [5, 5.41) is 8.46. The van der Waals surface area contributed by atoms with Gasteiger partial charge in [-0.25, -0.2) is 0 Å². The molecule has 2 bridgehead atoms. The summed E-state index contributed by atoms with van der Waals surface area (Å²) >= 11 is 5.87. The number of allylic oxidation sites excluding steroid dienone is 2. The number of hydrazone groups is 1. The Balaban J connectivity index is 1.30. The third-order valence-electron chi connectivity index (χ3n) is 6.46. The number of fused-ring (bicyclic) bond motifs is 5. The van der Waals surface area contributed by atoms with E-state index >= 15 is 0 Å². The Morgan fingerprint density at radius 1 is 1.12 bits per heavy atom. The highest BCUT2D eigenvalue weighted by molar-refractivity contribution is 6.30. The van der Waals surface area contributed by atoms with Gasteiger partial charge in [0.1, 0.15) is 0 Å². The summed E-state index contributed by atoms with van der Waals surface area (Å²) in [6, 6.07) is 11.8. The average molecular weight is 480 g/mol. The molecule has 9 heteroatoms. The predicted octanol–water partition coefficient (Wildman–Crippen LogP) is 3.51. The summed E-state index contributed by atoms with van der Waals surface area (Å²) in [4.78, 5) is 38.1. The van der Waals surface area contributed by atoms with Crippen LogP contribution in [0, 0.1) is 23.7 Å². The Hall–Kier alpha value is -3.65. The first kappa shape index (κ1) is 22.2. The first-order chi connectivity index (χ1) is 16.5. The van der Waals surface area contributed by atoms with Crippen LogP contribution in [-0.4, -0.2) is 42.7 Å². The highest BCUT2D eigenvalue weighted by Crippen LogP contribution is 2.52. The van der Waals surface area contributed by atoms with Crippen LogP contribution >= 0.6 is 11.6 Å². The van der Waals surface area contributed by atoms with Crippen molar-refractivity contribution >= 4 is 41.2 Å². The van der Waals surface area contributed by atoms with Crippen LogP contribution in [0.15, 0.2) is 59.7 Å². The van der Waals surface area contributed by atoms with E-state index in [4.69, 9.17) is 21.1 Å². The number of anilines is 1. The van der Waals surface area contributed by atoms with Crippen LogP contribution in [0.5, 0.6) is 11.5 Å². The molecule has 1 heterocycles. The van der Waals surface area contributed by atoms with Crippen molar-refractivity contribution < 1.29 is 23.9 Å². The van der Waals surface area contributed by atoms with Gasteiger partial charge in [-0.1, -0.05) is 29.8 Å². The quantitative estimate of drug-likeness (QED) is 0.372. The van der Waals surface area contributed by atoms with E-state index in [0.717, 1.165) is 11.4 Å². The van der Waals surface area contributed by atoms with Crippen LogP contribution < -0.4 is 14.8 Å². The second-order valence-corrected chi connectivity index (χ2v) is 8.89. The lowest BCUT2D eigenvalue weighted by Crippen LogP contribution is -2.28. The number of ether oxygens (including phenoxy) is 2. The van der Waals surface area contributed by atoms with Crippen LogP contribution in [0.2, 0.25) is 5.02 Å². The van der Waals surface area contributed by atoms with Gasteiger partial charge in [-0.05, 0) is 54.7 Å². The molecule has 5 rings (SSSR count). The monoisotopic (exact) mass is 479 g/mol. The molecular formula is C25H22ClN3O5. The van der Waals surface area contributed by atoms with E-state index in [1.807, 2.05) is 12.2 Å². The van der Waals surface area contributed by atoms with Crippen molar-refractivity contribution in [3.05, 3.63) is 65.2 Å². The average Bonchev–Trinajstić information content (AvgIpc) is 3.52. The van der Waals surface area contributed by atoms with Crippen LogP contribution in [-0.2, 0) is 14.4 Å². The van der Waals surface area contributed by atoms with Crippen LogP contribution in [0.3, 0.4) is 0 Å². The van der Waals surface area contributed by atoms with Crippen molar-refractivity contribution in [3.8, 4) is 11.5 Å². The van der Waals surface area contributed by atoms with Crippen molar-refractivity contribution in [2.75, 3.05) is 19.0 Å². The minimum Gasteiger partial charge on any atom is -0.493 e. The van der Waals surface area contributed by atoms with Crippen LogP contribution in [0.4, 0.5) is 5.69 Å². The van der Waals surface area contributed by atoms with E-state index in [1.165, 1.54) is 13.3 Å². The van der Waals surface area contributed by atoms with Crippen molar-refractivity contribution in [1.82, 2.24) is 5.01 Å². The van der Waals surface area contributed by atoms with Gasteiger partial charge in [0.25, 0.3) is 17.7 Å². The highest BCUT2D eigenvalue weighted by atomic mass is 35.5. The fourth-order valence-electron chi connectivity index (χ4n) is 4.94. The molecule has 4 atom stereocenters. The molecule has 0 unspecified atom stereocenters. The van der Waals surface area contributed by atoms with E-state index in [1.54, 1.807) is 42.5 Å². The zero-order chi connectivity index (χ0) is 23.8. The Kier molecular flexibility index (Phi) is 5.83. The second kappa shape index (κ2) is 8.95. The number of amides is 3.